The van der Waals surface area contributed by atoms with Gasteiger partial charge in [-0.2, -0.15) is 5.21 Å². The molecule has 0 fully saturated rings. The molecule has 1 aliphatic rings. The Kier molecular flexibility index (Phi) is 3.22. The highest BCUT2D eigenvalue weighted by Crippen LogP contribution is 2.42. The Morgan fingerprint density at radius 1 is 1.13 bits per heavy atom. The van der Waals surface area contributed by atoms with Crippen LogP contribution in [0.1, 0.15) is 37.9 Å². The van der Waals surface area contributed by atoms with E-state index in [1.165, 1.54) is 35.2 Å². The van der Waals surface area contributed by atoms with E-state index in [0.29, 0.717) is 5.82 Å². The summed E-state index contributed by atoms with van der Waals surface area (Å²) in [7, 11) is 0. The van der Waals surface area contributed by atoms with Gasteiger partial charge in [-0.1, -0.05) is 44.2 Å². The Hall–Kier alpha value is -2.56. The number of hydrogen-bond acceptors (Lipinski definition) is 4. The SMILES string of the molecule is CC1(C)CCCc2c1ncc(-c1nn[nH]n1)c2-c1ccccc1. The van der Waals surface area contributed by atoms with Gasteiger partial charge < -0.3 is 0 Å². The zero-order valence-electron chi connectivity index (χ0n) is 13.4. The minimum absolute atomic E-state index is 0.104. The van der Waals surface area contributed by atoms with Crippen molar-refractivity contribution in [1.29, 1.82) is 0 Å². The van der Waals surface area contributed by atoms with Gasteiger partial charge in [0.15, 0.2) is 0 Å². The molecule has 2 aromatic heterocycles. The van der Waals surface area contributed by atoms with Crippen LogP contribution >= 0.6 is 0 Å². The van der Waals surface area contributed by atoms with E-state index in [1.54, 1.807) is 0 Å². The highest BCUT2D eigenvalue weighted by atomic mass is 15.5. The Morgan fingerprint density at radius 2 is 1.96 bits per heavy atom. The standard InChI is InChI=1S/C18H19N5/c1-18(2)10-6-9-13-15(12-7-4-3-5-8-12)14(11-19-16(13)18)17-20-22-23-21-17/h3-5,7-8,11H,6,9-10H2,1-2H3,(H,20,21,22,23). The molecule has 1 aromatic carbocycles. The average Bonchev–Trinajstić information content (AvgIpc) is 3.09. The highest BCUT2D eigenvalue weighted by Gasteiger charge is 2.32. The zero-order chi connectivity index (χ0) is 15.9. The fraction of sp³-hybridized carbons (Fsp3) is 0.333. The zero-order valence-corrected chi connectivity index (χ0v) is 13.4. The molecule has 23 heavy (non-hydrogen) atoms. The van der Waals surface area contributed by atoms with Crippen LogP contribution in [0.5, 0.6) is 0 Å². The maximum Gasteiger partial charge on any atom is 0.206 e. The van der Waals surface area contributed by atoms with Crippen LogP contribution in [-0.2, 0) is 11.8 Å². The lowest BCUT2D eigenvalue weighted by Gasteiger charge is -2.33. The lowest BCUT2D eigenvalue weighted by molar-refractivity contribution is 0.419. The molecule has 1 aliphatic carbocycles. The van der Waals surface area contributed by atoms with Gasteiger partial charge in [0.05, 0.1) is 0 Å². The van der Waals surface area contributed by atoms with Crippen LogP contribution in [-0.4, -0.2) is 25.6 Å². The molecule has 0 atom stereocenters. The van der Waals surface area contributed by atoms with Gasteiger partial charge in [-0.15, -0.1) is 10.2 Å². The molecular weight excluding hydrogens is 286 g/mol. The summed E-state index contributed by atoms with van der Waals surface area (Å²) in [6, 6.07) is 10.4. The van der Waals surface area contributed by atoms with Gasteiger partial charge in [-0.25, -0.2) is 0 Å². The van der Waals surface area contributed by atoms with Crippen molar-refractivity contribution in [2.75, 3.05) is 0 Å². The molecule has 0 unspecified atom stereocenters. The van der Waals surface area contributed by atoms with E-state index in [4.69, 9.17) is 4.98 Å². The number of H-pyrrole nitrogens is 1. The normalized spacial score (nSPS) is 16.1. The van der Waals surface area contributed by atoms with Gasteiger partial charge in [0.1, 0.15) is 0 Å². The summed E-state index contributed by atoms with van der Waals surface area (Å²) in [5.74, 6) is 0.600. The number of pyridine rings is 1. The summed E-state index contributed by atoms with van der Waals surface area (Å²) in [6.07, 6.45) is 5.29. The topological polar surface area (TPSA) is 67.3 Å². The van der Waals surface area contributed by atoms with Crippen LogP contribution < -0.4 is 0 Å². The molecule has 0 saturated carbocycles. The number of rotatable bonds is 2. The third kappa shape index (κ3) is 2.32. The van der Waals surface area contributed by atoms with Crippen molar-refractivity contribution < 1.29 is 0 Å². The van der Waals surface area contributed by atoms with E-state index in [2.05, 4.69) is 58.7 Å². The van der Waals surface area contributed by atoms with Crippen molar-refractivity contribution in [1.82, 2.24) is 25.6 Å². The van der Waals surface area contributed by atoms with Crippen molar-refractivity contribution in [2.24, 2.45) is 0 Å². The smallest absolute Gasteiger partial charge is 0.206 e. The highest BCUT2D eigenvalue weighted by molar-refractivity contribution is 5.83. The fourth-order valence-corrected chi connectivity index (χ4v) is 3.58. The molecule has 3 aromatic rings. The number of nitrogens with one attached hydrogen (secondary N) is 1. The van der Waals surface area contributed by atoms with Crippen LogP contribution in [0, 0.1) is 0 Å². The number of aromatic nitrogens is 5. The monoisotopic (exact) mass is 305 g/mol. The Bertz CT molecular complexity index is 822. The summed E-state index contributed by atoms with van der Waals surface area (Å²) < 4.78 is 0. The predicted octanol–water partition coefficient (Wildman–Crippen LogP) is 3.54. The summed E-state index contributed by atoms with van der Waals surface area (Å²) in [6.45, 7) is 4.56. The molecule has 1 N–H and O–H groups in total. The maximum atomic E-state index is 4.79. The molecule has 0 amide bonds. The minimum atomic E-state index is 0.104. The number of aromatic amines is 1. The van der Waals surface area contributed by atoms with Gasteiger partial charge in [-0.05, 0) is 41.2 Å². The third-order valence-electron chi connectivity index (χ3n) is 4.70. The second-order valence-electron chi connectivity index (χ2n) is 6.71. The predicted molar refractivity (Wildman–Crippen MR) is 88.8 cm³/mol. The Morgan fingerprint density at radius 3 is 2.70 bits per heavy atom. The summed E-state index contributed by atoms with van der Waals surface area (Å²) >= 11 is 0. The Balaban J connectivity index is 2.03. The molecule has 5 nitrogen and oxygen atoms in total. The first-order valence-corrected chi connectivity index (χ1v) is 7.98. The summed E-state index contributed by atoms with van der Waals surface area (Å²) in [5.41, 5.74) is 5.96. The van der Waals surface area contributed by atoms with E-state index in [1.807, 2.05) is 12.3 Å². The van der Waals surface area contributed by atoms with Crippen molar-refractivity contribution in [3.63, 3.8) is 0 Å². The van der Waals surface area contributed by atoms with E-state index in [0.717, 1.165) is 12.0 Å². The van der Waals surface area contributed by atoms with E-state index < -0.39 is 0 Å². The molecule has 116 valence electrons. The van der Waals surface area contributed by atoms with Crippen LogP contribution in [0.4, 0.5) is 0 Å². The lowest BCUT2D eigenvalue weighted by Crippen LogP contribution is -2.26. The number of benzene rings is 1. The molecule has 2 heterocycles. The summed E-state index contributed by atoms with van der Waals surface area (Å²) in [4.78, 5) is 4.79. The minimum Gasteiger partial charge on any atom is -0.260 e. The van der Waals surface area contributed by atoms with Crippen molar-refractivity contribution in [2.45, 2.75) is 38.5 Å². The number of fused-ring (bicyclic) bond motifs is 1. The van der Waals surface area contributed by atoms with Crippen LogP contribution in [0.15, 0.2) is 36.5 Å². The Labute approximate surface area is 135 Å². The van der Waals surface area contributed by atoms with Gasteiger partial charge >= 0.3 is 0 Å². The van der Waals surface area contributed by atoms with Crippen molar-refractivity contribution >= 4 is 0 Å². The first kappa shape index (κ1) is 14.1. The van der Waals surface area contributed by atoms with Crippen LogP contribution in [0.2, 0.25) is 0 Å². The first-order chi connectivity index (χ1) is 11.2. The quantitative estimate of drug-likeness (QED) is 0.786. The van der Waals surface area contributed by atoms with E-state index >= 15 is 0 Å². The largest absolute Gasteiger partial charge is 0.260 e. The van der Waals surface area contributed by atoms with Crippen molar-refractivity contribution in [3.05, 3.63) is 47.8 Å². The fourth-order valence-electron chi connectivity index (χ4n) is 3.58. The van der Waals surface area contributed by atoms with Gasteiger partial charge in [0.25, 0.3) is 0 Å². The molecule has 0 bridgehead atoms. The average molecular weight is 305 g/mol. The second kappa shape index (κ2) is 5.26. The number of tetrazole rings is 1. The molecule has 5 heteroatoms. The summed E-state index contributed by atoms with van der Waals surface area (Å²) in [5, 5.41) is 14.6. The number of hydrogen-bond donors (Lipinski definition) is 1. The van der Waals surface area contributed by atoms with Gasteiger partial charge in [0.2, 0.25) is 5.82 Å². The molecular formula is C18H19N5. The maximum absolute atomic E-state index is 4.79. The van der Waals surface area contributed by atoms with Crippen LogP contribution in [0.25, 0.3) is 22.5 Å². The molecule has 0 spiro atoms. The second-order valence-corrected chi connectivity index (χ2v) is 6.71. The molecule has 0 radical (unpaired) electrons. The van der Waals surface area contributed by atoms with Gasteiger partial charge in [-0.3, -0.25) is 4.98 Å². The van der Waals surface area contributed by atoms with Crippen molar-refractivity contribution in [3.8, 4) is 22.5 Å². The molecule has 0 saturated heterocycles. The third-order valence-corrected chi connectivity index (χ3v) is 4.70. The van der Waals surface area contributed by atoms with Gasteiger partial charge in [0, 0.05) is 22.9 Å². The molecule has 0 aliphatic heterocycles. The van der Waals surface area contributed by atoms with Crippen LogP contribution in [0.3, 0.4) is 0 Å². The lowest BCUT2D eigenvalue weighted by atomic mass is 9.73. The number of nitrogens with zero attached hydrogens (tertiary/aromatic N) is 4. The van der Waals surface area contributed by atoms with E-state index in [-0.39, 0.29) is 5.41 Å². The molecule has 4 rings (SSSR count). The van der Waals surface area contributed by atoms with E-state index in [9.17, 15) is 0 Å². The first-order valence-electron chi connectivity index (χ1n) is 7.98.